The third-order valence-corrected chi connectivity index (χ3v) is 3.68. The number of nitrogens with one attached hydrogen (secondary N) is 2. The van der Waals surface area contributed by atoms with Crippen LogP contribution in [0.15, 0.2) is 0 Å². The summed E-state index contributed by atoms with van der Waals surface area (Å²) in [6, 6.07) is 0. The van der Waals surface area contributed by atoms with E-state index < -0.39 is 5.54 Å². The monoisotopic (exact) mass is 242 g/mol. The summed E-state index contributed by atoms with van der Waals surface area (Å²) in [5.41, 5.74) is -0.460. The van der Waals surface area contributed by atoms with E-state index >= 15 is 0 Å². The summed E-state index contributed by atoms with van der Waals surface area (Å²) in [6.45, 7) is 14.3. The molecule has 0 saturated heterocycles. The Morgan fingerprint density at radius 3 is 2.24 bits per heavy atom. The van der Waals surface area contributed by atoms with Crippen LogP contribution in [0.1, 0.15) is 54.4 Å². The molecule has 17 heavy (non-hydrogen) atoms. The molecule has 0 bridgehead atoms. The second-order valence-corrected chi connectivity index (χ2v) is 5.51. The second kappa shape index (κ2) is 7.70. The summed E-state index contributed by atoms with van der Waals surface area (Å²) in [5, 5.41) is 6.44. The quantitative estimate of drug-likeness (QED) is 0.687. The molecule has 0 spiro atoms. The molecule has 3 heteroatoms. The lowest BCUT2D eigenvalue weighted by Crippen LogP contribution is -2.59. The van der Waals surface area contributed by atoms with E-state index in [1.807, 2.05) is 6.92 Å². The van der Waals surface area contributed by atoms with Gasteiger partial charge in [-0.05, 0) is 31.7 Å². The lowest BCUT2D eigenvalue weighted by atomic mass is 9.86. The van der Waals surface area contributed by atoms with Gasteiger partial charge in [0.1, 0.15) is 0 Å². The van der Waals surface area contributed by atoms with E-state index in [0.29, 0.717) is 5.92 Å². The van der Waals surface area contributed by atoms with Gasteiger partial charge in [-0.25, -0.2) is 0 Å². The van der Waals surface area contributed by atoms with Crippen molar-refractivity contribution < 1.29 is 4.79 Å². The number of rotatable bonds is 8. The van der Waals surface area contributed by atoms with Crippen LogP contribution in [0.25, 0.3) is 0 Å². The van der Waals surface area contributed by atoms with E-state index in [2.05, 4.69) is 45.3 Å². The Morgan fingerprint density at radius 1 is 1.24 bits per heavy atom. The number of hydrogen-bond donors (Lipinski definition) is 2. The highest BCUT2D eigenvalue weighted by Gasteiger charge is 2.35. The lowest BCUT2D eigenvalue weighted by molar-refractivity contribution is -0.128. The maximum Gasteiger partial charge on any atom is 0.240 e. The molecule has 0 aromatic heterocycles. The molecule has 0 aliphatic carbocycles. The highest BCUT2D eigenvalue weighted by Crippen LogP contribution is 2.17. The summed E-state index contributed by atoms with van der Waals surface area (Å²) in [6.07, 6.45) is 2.11. The average Bonchev–Trinajstić information content (AvgIpc) is 2.31. The topological polar surface area (TPSA) is 41.1 Å². The molecule has 2 unspecified atom stereocenters. The standard InChI is InChI=1S/C14H30N2O/c1-7-9-15-13(17)14(6,11(3)4)16-10-12(5)8-2/h11-12,16H,7-10H2,1-6H3,(H,15,17). The van der Waals surface area contributed by atoms with Crippen LogP contribution < -0.4 is 10.6 Å². The van der Waals surface area contributed by atoms with Gasteiger partial charge >= 0.3 is 0 Å². The van der Waals surface area contributed by atoms with E-state index in [9.17, 15) is 4.79 Å². The Bertz CT molecular complexity index is 228. The molecule has 0 saturated carbocycles. The van der Waals surface area contributed by atoms with Gasteiger partial charge in [0.05, 0.1) is 5.54 Å². The molecular formula is C14H30N2O. The Balaban J connectivity index is 4.50. The summed E-state index contributed by atoms with van der Waals surface area (Å²) >= 11 is 0. The molecule has 0 rings (SSSR count). The normalized spacial score (nSPS) is 16.6. The van der Waals surface area contributed by atoms with Crippen LogP contribution in [-0.4, -0.2) is 24.5 Å². The molecule has 0 aromatic rings. The minimum Gasteiger partial charge on any atom is -0.355 e. The van der Waals surface area contributed by atoms with Crippen molar-refractivity contribution in [2.45, 2.75) is 59.9 Å². The summed E-state index contributed by atoms with van der Waals surface area (Å²) < 4.78 is 0. The van der Waals surface area contributed by atoms with E-state index in [0.717, 1.165) is 25.9 Å². The van der Waals surface area contributed by atoms with Crippen molar-refractivity contribution >= 4 is 5.91 Å². The molecule has 3 nitrogen and oxygen atoms in total. The highest BCUT2D eigenvalue weighted by molar-refractivity contribution is 5.86. The molecule has 0 aromatic carbocycles. The lowest BCUT2D eigenvalue weighted by Gasteiger charge is -2.34. The first-order valence-corrected chi connectivity index (χ1v) is 6.91. The van der Waals surface area contributed by atoms with E-state index in [1.54, 1.807) is 0 Å². The van der Waals surface area contributed by atoms with Crippen molar-refractivity contribution in [1.29, 1.82) is 0 Å². The Hall–Kier alpha value is -0.570. The first-order chi connectivity index (χ1) is 7.88. The van der Waals surface area contributed by atoms with Gasteiger partial charge in [-0.3, -0.25) is 4.79 Å². The van der Waals surface area contributed by atoms with Crippen molar-refractivity contribution in [3.05, 3.63) is 0 Å². The van der Waals surface area contributed by atoms with Gasteiger partial charge < -0.3 is 10.6 Å². The van der Waals surface area contributed by atoms with Crippen LogP contribution in [0.4, 0.5) is 0 Å². The van der Waals surface area contributed by atoms with Crippen LogP contribution in [0.2, 0.25) is 0 Å². The maximum atomic E-state index is 12.2. The molecule has 0 fully saturated rings. The zero-order valence-electron chi connectivity index (χ0n) is 12.4. The first kappa shape index (κ1) is 16.4. The molecule has 0 aliphatic heterocycles. The maximum absolute atomic E-state index is 12.2. The van der Waals surface area contributed by atoms with Crippen molar-refractivity contribution in [3.8, 4) is 0 Å². The second-order valence-electron chi connectivity index (χ2n) is 5.51. The van der Waals surface area contributed by atoms with Gasteiger partial charge in [-0.15, -0.1) is 0 Å². The van der Waals surface area contributed by atoms with Crippen molar-refractivity contribution in [3.63, 3.8) is 0 Å². The van der Waals surface area contributed by atoms with Crippen LogP contribution >= 0.6 is 0 Å². The first-order valence-electron chi connectivity index (χ1n) is 6.91. The highest BCUT2D eigenvalue weighted by atomic mass is 16.2. The summed E-state index contributed by atoms with van der Waals surface area (Å²) in [7, 11) is 0. The molecule has 0 heterocycles. The van der Waals surface area contributed by atoms with Crippen LogP contribution in [-0.2, 0) is 4.79 Å². The van der Waals surface area contributed by atoms with Gasteiger partial charge in [-0.1, -0.05) is 41.0 Å². The fourth-order valence-corrected chi connectivity index (χ4v) is 1.50. The fraction of sp³-hybridized carbons (Fsp3) is 0.929. The molecule has 1 amide bonds. The summed E-state index contributed by atoms with van der Waals surface area (Å²) in [4.78, 5) is 12.2. The minimum atomic E-state index is -0.460. The average molecular weight is 242 g/mol. The molecule has 0 aliphatic rings. The van der Waals surface area contributed by atoms with Gasteiger partial charge in [0.25, 0.3) is 0 Å². The number of carbonyl (C=O) groups excluding carboxylic acids is 1. The summed E-state index contributed by atoms with van der Waals surface area (Å²) in [5.74, 6) is 1.01. The van der Waals surface area contributed by atoms with Crippen LogP contribution in [0, 0.1) is 11.8 Å². The van der Waals surface area contributed by atoms with E-state index in [4.69, 9.17) is 0 Å². The minimum absolute atomic E-state index is 0.123. The van der Waals surface area contributed by atoms with Gasteiger partial charge in [-0.2, -0.15) is 0 Å². The number of hydrogen-bond acceptors (Lipinski definition) is 2. The molecular weight excluding hydrogens is 212 g/mol. The van der Waals surface area contributed by atoms with E-state index in [-0.39, 0.29) is 11.8 Å². The van der Waals surface area contributed by atoms with Gasteiger partial charge in [0.2, 0.25) is 5.91 Å². The SMILES string of the molecule is CCCNC(=O)C(C)(NCC(C)CC)C(C)C. The molecule has 2 atom stereocenters. The molecule has 102 valence electrons. The Morgan fingerprint density at radius 2 is 1.82 bits per heavy atom. The smallest absolute Gasteiger partial charge is 0.240 e. The zero-order valence-corrected chi connectivity index (χ0v) is 12.4. The van der Waals surface area contributed by atoms with Crippen LogP contribution in [0.3, 0.4) is 0 Å². The zero-order chi connectivity index (χ0) is 13.5. The molecule has 2 N–H and O–H groups in total. The number of amides is 1. The fourth-order valence-electron chi connectivity index (χ4n) is 1.50. The Kier molecular flexibility index (Phi) is 7.44. The number of carbonyl (C=O) groups is 1. The van der Waals surface area contributed by atoms with Crippen LogP contribution in [0.5, 0.6) is 0 Å². The van der Waals surface area contributed by atoms with Gasteiger partial charge in [0.15, 0.2) is 0 Å². The van der Waals surface area contributed by atoms with Crippen molar-refractivity contribution in [2.75, 3.05) is 13.1 Å². The third kappa shape index (κ3) is 5.07. The Labute approximate surface area is 107 Å². The predicted octanol–water partition coefficient (Wildman–Crippen LogP) is 2.56. The molecule has 0 radical (unpaired) electrons. The van der Waals surface area contributed by atoms with Crippen molar-refractivity contribution in [2.24, 2.45) is 11.8 Å². The van der Waals surface area contributed by atoms with Gasteiger partial charge in [0, 0.05) is 6.54 Å². The largest absolute Gasteiger partial charge is 0.355 e. The van der Waals surface area contributed by atoms with Crippen molar-refractivity contribution in [1.82, 2.24) is 10.6 Å². The van der Waals surface area contributed by atoms with E-state index in [1.165, 1.54) is 0 Å². The third-order valence-electron chi connectivity index (χ3n) is 3.68. The predicted molar refractivity (Wildman–Crippen MR) is 74.0 cm³/mol.